The number of para-hydroxylation sites is 1. The maximum Gasteiger partial charge on any atom is 0.280 e. The number of halogens is 2. The smallest absolute Gasteiger partial charge is 0.280 e. The number of hydrogen-bond acceptors (Lipinski definition) is 3. The van der Waals surface area contributed by atoms with Crippen molar-refractivity contribution in [3.63, 3.8) is 0 Å². The molecule has 0 atom stereocenters. The van der Waals surface area contributed by atoms with E-state index >= 15 is 0 Å². The van der Waals surface area contributed by atoms with Crippen LogP contribution in [0.25, 0.3) is 17.4 Å². The summed E-state index contributed by atoms with van der Waals surface area (Å²) in [6, 6.07) is 18.6. The molecule has 4 nitrogen and oxygen atoms in total. The second-order valence-corrected chi connectivity index (χ2v) is 7.26. The van der Waals surface area contributed by atoms with Crippen LogP contribution in [0, 0.1) is 0 Å². The summed E-state index contributed by atoms with van der Waals surface area (Å²) in [5.74, 6) is 1.07. The Bertz CT molecular complexity index is 1100. The number of anilines is 1. The number of hydrogen-bond donors (Lipinski definition) is 0. The van der Waals surface area contributed by atoms with Crippen molar-refractivity contribution >= 4 is 50.9 Å². The van der Waals surface area contributed by atoms with Gasteiger partial charge in [-0.2, -0.15) is 10.1 Å². The van der Waals surface area contributed by atoms with Crippen LogP contribution in [0.4, 0.5) is 5.69 Å². The molecule has 0 saturated carbocycles. The van der Waals surface area contributed by atoms with Crippen molar-refractivity contribution in [3.8, 4) is 11.3 Å². The average molecular weight is 442 g/mol. The molecule has 2 aromatic carbocycles. The van der Waals surface area contributed by atoms with Gasteiger partial charge in [-0.25, -0.2) is 0 Å². The molecule has 1 amide bonds. The highest BCUT2D eigenvalue weighted by atomic mass is 79.9. The molecule has 0 radical (unpaired) electrons. The highest BCUT2D eigenvalue weighted by molar-refractivity contribution is 9.10. The van der Waals surface area contributed by atoms with E-state index in [1.54, 1.807) is 25.1 Å². The maximum atomic E-state index is 12.8. The van der Waals surface area contributed by atoms with Crippen molar-refractivity contribution in [2.45, 2.75) is 6.92 Å². The standard InChI is InChI=1S/C21H14BrClN2O2/c1-13-16(21(26)25(24-13)19-9-5-4-8-18(19)23)12-14-10-11-20(27-14)15-6-2-3-7-17(15)22/h2-12H,1H3/b16-12-. The van der Waals surface area contributed by atoms with Crippen LogP contribution in [0.2, 0.25) is 5.02 Å². The molecule has 0 unspecified atom stereocenters. The number of nitrogens with zero attached hydrogens (tertiary/aromatic N) is 2. The first-order valence-corrected chi connectivity index (χ1v) is 9.42. The van der Waals surface area contributed by atoms with E-state index in [4.69, 9.17) is 16.0 Å². The Morgan fingerprint density at radius 3 is 2.59 bits per heavy atom. The van der Waals surface area contributed by atoms with Gasteiger partial charge in [-0.1, -0.05) is 57.9 Å². The zero-order valence-corrected chi connectivity index (χ0v) is 16.7. The molecule has 0 spiro atoms. The Hall–Kier alpha value is -2.63. The third kappa shape index (κ3) is 3.36. The predicted molar refractivity (Wildman–Crippen MR) is 112 cm³/mol. The second-order valence-electron chi connectivity index (χ2n) is 5.99. The summed E-state index contributed by atoms with van der Waals surface area (Å²) in [6.45, 7) is 1.79. The van der Waals surface area contributed by atoms with E-state index in [1.807, 2.05) is 48.5 Å². The van der Waals surface area contributed by atoms with E-state index in [2.05, 4.69) is 21.0 Å². The van der Waals surface area contributed by atoms with Crippen LogP contribution in [0.3, 0.4) is 0 Å². The van der Waals surface area contributed by atoms with Crippen LogP contribution in [-0.2, 0) is 4.79 Å². The average Bonchev–Trinajstić information content (AvgIpc) is 3.23. The normalized spacial score (nSPS) is 15.5. The van der Waals surface area contributed by atoms with Crippen molar-refractivity contribution in [3.05, 3.63) is 81.5 Å². The summed E-state index contributed by atoms with van der Waals surface area (Å²) in [5, 5.41) is 6.15. The molecule has 1 aromatic heterocycles. The quantitative estimate of drug-likeness (QED) is 0.456. The second kappa shape index (κ2) is 7.18. The molecule has 0 fully saturated rings. The van der Waals surface area contributed by atoms with Gasteiger partial charge >= 0.3 is 0 Å². The van der Waals surface area contributed by atoms with Crippen LogP contribution in [0.15, 0.2) is 80.2 Å². The lowest BCUT2D eigenvalue weighted by atomic mass is 10.1. The molecule has 0 bridgehead atoms. The largest absolute Gasteiger partial charge is 0.457 e. The van der Waals surface area contributed by atoms with Gasteiger partial charge in [0.1, 0.15) is 11.5 Å². The lowest BCUT2D eigenvalue weighted by Crippen LogP contribution is -2.21. The van der Waals surface area contributed by atoms with Crippen molar-refractivity contribution in [2.24, 2.45) is 5.10 Å². The Balaban J connectivity index is 1.66. The lowest BCUT2D eigenvalue weighted by molar-refractivity contribution is -0.114. The Kier molecular flexibility index (Phi) is 4.72. The first-order valence-electron chi connectivity index (χ1n) is 8.25. The fourth-order valence-electron chi connectivity index (χ4n) is 2.85. The van der Waals surface area contributed by atoms with Gasteiger partial charge in [0.05, 0.1) is 22.0 Å². The van der Waals surface area contributed by atoms with Crippen molar-refractivity contribution in [1.29, 1.82) is 0 Å². The van der Waals surface area contributed by atoms with E-state index in [0.29, 0.717) is 27.8 Å². The van der Waals surface area contributed by atoms with E-state index in [-0.39, 0.29) is 5.91 Å². The fourth-order valence-corrected chi connectivity index (χ4v) is 3.55. The van der Waals surface area contributed by atoms with E-state index in [0.717, 1.165) is 15.8 Å². The summed E-state index contributed by atoms with van der Waals surface area (Å²) >= 11 is 9.73. The molecule has 0 saturated heterocycles. The van der Waals surface area contributed by atoms with Gasteiger partial charge in [0.25, 0.3) is 5.91 Å². The van der Waals surface area contributed by atoms with Gasteiger partial charge in [-0.05, 0) is 43.3 Å². The van der Waals surface area contributed by atoms with E-state index < -0.39 is 0 Å². The first-order chi connectivity index (χ1) is 13.0. The molecule has 0 aliphatic carbocycles. The molecule has 3 aromatic rings. The maximum absolute atomic E-state index is 12.8. The number of carbonyl (C=O) groups is 1. The molecular formula is C21H14BrClN2O2. The third-order valence-corrected chi connectivity index (χ3v) is 5.21. The number of furan rings is 1. The molecule has 1 aliphatic heterocycles. The van der Waals surface area contributed by atoms with Gasteiger partial charge in [-0.3, -0.25) is 4.79 Å². The van der Waals surface area contributed by atoms with Crippen molar-refractivity contribution in [1.82, 2.24) is 0 Å². The van der Waals surface area contributed by atoms with Crippen molar-refractivity contribution in [2.75, 3.05) is 5.01 Å². The molecule has 134 valence electrons. The van der Waals surface area contributed by atoms with Gasteiger partial charge in [0.15, 0.2) is 0 Å². The molecule has 6 heteroatoms. The molecule has 1 aliphatic rings. The topological polar surface area (TPSA) is 45.8 Å². The number of benzene rings is 2. The van der Waals surface area contributed by atoms with Crippen LogP contribution in [0.1, 0.15) is 12.7 Å². The van der Waals surface area contributed by atoms with Crippen LogP contribution >= 0.6 is 27.5 Å². The first kappa shape index (κ1) is 17.8. The SMILES string of the molecule is CC1=NN(c2ccccc2Cl)C(=O)/C1=C\c1ccc(-c2ccccc2Br)o1. The Labute approximate surface area is 169 Å². The number of rotatable bonds is 3. The van der Waals surface area contributed by atoms with Gasteiger partial charge in [-0.15, -0.1) is 0 Å². The van der Waals surface area contributed by atoms with Crippen LogP contribution in [-0.4, -0.2) is 11.6 Å². The van der Waals surface area contributed by atoms with Gasteiger partial charge < -0.3 is 4.42 Å². The van der Waals surface area contributed by atoms with Gasteiger partial charge in [0, 0.05) is 10.0 Å². The number of carbonyl (C=O) groups excluding carboxylic acids is 1. The van der Waals surface area contributed by atoms with Crippen LogP contribution < -0.4 is 5.01 Å². The Morgan fingerprint density at radius 2 is 1.81 bits per heavy atom. The van der Waals surface area contributed by atoms with E-state index in [9.17, 15) is 4.79 Å². The zero-order chi connectivity index (χ0) is 19.0. The lowest BCUT2D eigenvalue weighted by Gasteiger charge is -2.12. The van der Waals surface area contributed by atoms with Crippen molar-refractivity contribution < 1.29 is 9.21 Å². The predicted octanol–water partition coefficient (Wildman–Crippen LogP) is 6.17. The fraction of sp³-hybridized carbons (Fsp3) is 0.0476. The monoisotopic (exact) mass is 440 g/mol. The molecular weight excluding hydrogens is 428 g/mol. The number of amides is 1. The minimum Gasteiger partial charge on any atom is -0.457 e. The highest BCUT2D eigenvalue weighted by Gasteiger charge is 2.30. The van der Waals surface area contributed by atoms with Gasteiger partial charge in [0.2, 0.25) is 0 Å². The minimum absolute atomic E-state index is 0.237. The minimum atomic E-state index is -0.237. The zero-order valence-electron chi connectivity index (χ0n) is 14.3. The summed E-state index contributed by atoms with van der Waals surface area (Å²) in [5.41, 5.74) is 2.59. The number of hydrazone groups is 1. The van der Waals surface area contributed by atoms with Crippen LogP contribution in [0.5, 0.6) is 0 Å². The summed E-state index contributed by atoms with van der Waals surface area (Å²) in [6.07, 6.45) is 1.71. The Morgan fingerprint density at radius 1 is 1.07 bits per heavy atom. The third-order valence-electron chi connectivity index (χ3n) is 4.20. The summed E-state index contributed by atoms with van der Waals surface area (Å²) in [4.78, 5) is 12.8. The molecule has 0 N–H and O–H groups in total. The molecule has 2 heterocycles. The molecule has 27 heavy (non-hydrogen) atoms. The summed E-state index contributed by atoms with van der Waals surface area (Å²) in [7, 11) is 0. The van der Waals surface area contributed by atoms with E-state index in [1.165, 1.54) is 5.01 Å². The summed E-state index contributed by atoms with van der Waals surface area (Å²) < 4.78 is 6.86. The highest BCUT2D eigenvalue weighted by Crippen LogP contribution is 2.32. The molecule has 4 rings (SSSR count).